The van der Waals surface area contributed by atoms with Crippen molar-refractivity contribution in [2.45, 2.75) is 58.4 Å². The third-order valence-corrected chi connectivity index (χ3v) is 6.48. The normalized spacial score (nSPS) is 11.2. The van der Waals surface area contributed by atoms with E-state index in [4.69, 9.17) is 9.72 Å². The van der Waals surface area contributed by atoms with E-state index in [-0.39, 0.29) is 5.91 Å². The number of benzene rings is 3. The zero-order valence-corrected chi connectivity index (χ0v) is 21.5. The van der Waals surface area contributed by atoms with Crippen LogP contribution in [0, 0.1) is 0 Å². The molecule has 0 saturated carbocycles. The highest BCUT2D eigenvalue weighted by molar-refractivity contribution is 5.77. The van der Waals surface area contributed by atoms with Gasteiger partial charge in [-0.2, -0.15) is 0 Å². The number of carbonyl (C=O) groups excluding carboxylic acids is 1. The third kappa shape index (κ3) is 7.20. The Balaban J connectivity index is 1.25. The summed E-state index contributed by atoms with van der Waals surface area (Å²) in [6.45, 7) is 6.56. The van der Waals surface area contributed by atoms with Gasteiger partial charge in [0.25, 0.3) is 0 Å². The molecule has 1 N–H and O–H groups in total. The van der Waals surface area contributed by atoms with E-state index in [1.165, 1.54) is 11.1 Å². The number of rotatable bonds is 13. The summed E-state index contributed by atoms with van der Waals surface area (Å²) in [5.41, 5.74) is 4.66. The monoisotopic (exact) mass is 483 g/mol. The Morgan fingerprint density at radius 1 is 0.917 bits per heavy atom. The van der Waals surface area contributed by atoms with Crippen LogP contribution >= 0.6 is 0 Å². The van der Waals surface area contributed by atoms with Crippen LogP contribution in [0.4, 0.5) is 0 Å². The van der Waals surface area contributed by atoms with Crippen molar-refractivity contribution in [3.63, 3.8) is 0 Å². The Labute approximate surface area is 214 Å². The second-order valence-electron chi connectivity index (χ2n) is 9.53. The first-order valence-corrected chi connectivity index (χ1v) is 13.1. The largest absolute Gasteiger partial charge is 0.494 e. The molecule has 4 rings (SSSR count). The standard InChI is InChI=1S/C31H37N3O2/c1-24(2)26-15-17-27(18-16-26)36-23-9-8-22-34-29-13-7-6-12-28(29)33-30(34)20-21-32-31(35)19-14-25-10-4-3-5-11-25/h3-7,10-13,15-18,24H,8-9,14,19-23H2,1-2H3,(H,32,35). The van der Waals surface area contributed by atoms with Crippen molar-refractivity contribution in [1.82, 2.24) is 14.9 Å². The van der Waals surface area contributed by atoms with Crippen LogP contribution in [0.15, 0.2) is 78.9 Å². The molecule has 0 fully saturated rings. The van der Waals surface area contributed by atoms with Gasteiger partial charge < -0.3 is 14.6 Å². The number of nitrogens with zero attached hydrogens (tertiary/aromatic N) is 2. The van der Waals surface area contributed by atoms with E-state index < -0.39 is 0 Å². The molecular formula is C31H37N3O2. The lowest BCUT2D eigenvalue weighted by molar-refractivity contribution is -0.121. The van der Waals surface area contributed by atoms with E-state index in [1.807, 2.05) is 24.3 Å². The summed E-state index contributed by atoms with van der Waals surface area (Å²) in [5, 5.41) is 3.07. The van der Waals surface area contributed by atoms with Crippen molar-refractivity contribution in [2.75, 3.05) is 13.2 Å². The Morgan fingerprint density at radius 2 is 1.67 bits per heavy atom. The van der Waals surface area contributed by atoms with Crippen LogP contribution in [0.1, 0.15) is 56.0 Å². The fraction of sp³-hybridized carbons (Fsp3) is 0.355. The molecule has 188 valence electrons. The van der Waals surface area contributed by atoms with Crippen LogP contribution in [0.5, 0.6) is 5.75 Å². The van der Waals surface area contributed by atoms with Crippen LogP contribution in [0.2, 0.25) is 0 Å². The van der Waals surface area contributed by atoms with Gasteiger partial charge in [0.15, 0.2) is 0 Å². The maximum atomic E-state index is 12.3. The van der Waals surface area contributed by atoms with Crippen LogP contribution < -0.4 is 10.1 Å². The van der Waals surface area contributed by atoms with Gasteiger partial charge >= 0.3 is 0 Å². The van der Waals surface area contributed by atoms with Crippen LogP contribution in [-0.4, -0.2) is 28.6 Å². The number of fused-ring (bicyclic) bond motifs is 1. The van der Waals surface area contributed by atoms with E-state index in [9.17, 15) is 4.79 Å². The molecule has 4 aromatic rings. The number of hydrogen-bond donors (Lipinski definition) is 1. The SMILES string of the molecule is CC(C)c1ccc(OCCCCn2c(CCNC(=O)CCc3ccccc3)nc3ccccc32)cc1. The molecule has 5 heteroatoms. The lowest BCUT2D eigenvalue weighted by Gasteiger charge is -2.11. The number of ether oxygens (including phenoxy) is 1. The van der Waals surface area contributed by atoms with Gasteiger partial charge in [-0.3, -0.25) is 4.79 Å². The zero-order chi connectivity index (χ0) is 25.2. The second kappa shape index (κ2) is 12.9. The number of amides is 1. The molecule has 3 aromatic carbocycles. The van der Waals surface area contributed by atoms with Crippen molar-refractivity contribution in [2.24, 2.45) is 0 Å². The molecule has 1 amide bonds. The van der Waals surface area contributed by atoms with Crippen LogP contribution in [0.25, 0.3) is 11.0 Å². The molecule has 0 aliphatic rings. The molecule has 0 spiro atoms. The van der Waals surface area contributed by atoms with E-state index in [1.54, 1.807) is 0 Å². The summed E-state index contributed by atoms with van der Waals surface area (Å²) >= 11 is 0. The predicted octanol–water partition coefficient (Wildman–Crippen LogP) is 6.31. The van der Waals surface area contributed by atoms with Gasteiger partial charge in [-0.1, -0.05) is 68.4 Å². The summed E-state index contributed by atoms with van der Waals surface area (Å²) in [4.78, 5) is 17.2. The molecule has 0 radical (unpaired) electrons. The second-order valence-corrected chi connectivity index (χ2v) is 9.53. The van der Waals surface area contributed by atoms with Crippen molar-refractivity contribution in [3.05, 3.63) is 95.8 Å². The number of unbranched alkanes of at least 4 members (excludes halogenated alkanes) is 1. The number of aryl methyl sites for hydroxylation is 2. The van der Waals surface area contributed by atoms with Crippen molar-refractivity contribution < 1.29 is 9.53 Å². The summed E-state index contributed by atoms with van der Waals surface area (Å²) in [6, 6.07) is 26.8. The van der Waals surface area contributed by atoms with Gasteiger partial charge in [-0.05, 0) is 60.6 Å². The highest BCUT2D eigenvalue weighted by Gasteiger charge is 2.11. The number of aromatic nitrogens is 2. The number of hydrogen-bond acceptors (Lipinski definition) is 3. The lowest BCUT2D eigenvalue weighted by atomic mass is 10.0. The molecule has 1 heterocycles. The summed E-state index contributed by atoms with van der Waals surface area (Å²) in [6.07, 6.45) is 3.94. The summed E-state index contributed by atoms with van der Waals surface area (Å²) < 4.78 is 8.25. The number of para-hydroxylation sites is 2. The fourth-order valence-electron chi connectivity index (χ4n) is 4.38. The van der Waals surface area contributed by atoms with E-state index in [0.29, 0.717) is 31.9 Å². The first kappa shape index (κ1) is 25.5. The molecule has 1 aromatic heterocycles. The molecular weight excluding hydrogens is 446 g/mol. The van der Waals surface area contributed by atoms with Gasteiger partial charge in [0.1, 0.15) is 11.6 Å². The molecule has 0 atom stereocenters. The van der Waals surface area contributed by atoms with Gasteiger partial charge in [-0.15, -0.1) is 0 Å². The molecule has 5 nitrogen and oxygen atoms in total. The van der Waals surface area contributed by atoms with E-state index >= 15 is 0 Å². The predicted molar refractivity (Wildman–Crippen MR) is 146 cm³/mol. The molecule has 0 bridgehead atoms. The Kier molecular flexibility index (Phi) is 9.15. The quantitative estimate of drug-likeness (QED) is 0.227. The van der Waals surface area contributed by atoms with Gasteiger partial charge in [0.05, 0.1) is 17.6 Å². The molecule has 0 unspecified atom stereocenters. The maximum Gasteiger partial charge on any atom is 0.220 e. The number of carbonyl (C=O) groups is 1. The Bertz CT molecular complexity index is 1230. The van der Waals surface area contributed by atoms with Gasteiger partial charge in [0, 0.05) is 25.9 Å². The number of nitrogens with one attached hydrogen (secondary N) is 1. The minimum absolute atomic E-state index is 0.0834. The highest BCUT2D eigenvalue weighted by atomic mass is 16.5. The van der Waals surface area contributed by atoms with E-state index in [0.717, 1.165) is 48.4 Å². The average molecular weight is 484 g/mol. The van der Waals surface area contributed by atoms with Crippen molar-refractivity contribution >= 4 is 16.9 Å². The molecule has 0 aliphatic heterocycles. The third-order valence-electron chi connectivity index (χ3n) is 6.48. The maximum absolute atomic E-state index is 12.3. The molecule has 36 heavy (non-hydrogen) atoms. The smallest absolute Gasteiger partial charge is 0.220 e. The fourth-order valence-corrected chi connectivity index (χ4v) is 4.38. The van der Waals surface area contributed by atoms with Crippen LogP contribution in [0.3, 0.4) is 0 Å². The topological polar surface area (TPSA) is 56.1 Å². The lowest BCUT2D eigenvalue weighted by Crippen LogP contribution is -2.26. The zero-order valence-electron chi connectivity index (χ0n) is 21.5. The number of imidazole rings is 1. The molecule has 0 aliphatic carbocycles. The summed E-state index contributed by atoms with van der Waals surface area (Å²) in [7, 11) is 0. The average Bonchev–Trinajstić information content (AvgIpc) is 3.25. The first-order valence-electron chi connectivity index (χ1n) is 13.1. The van der Waals surface area contributed by atoms with Gasteiger partial charge in [-0.25, -0.2) is 4.98 Å². The highest BCUT2D eigenvalue weighted by Crippen LogP contribution is 2.20. The Hall–Kier alpha value is -3.60. The summed E-state index contributed by atoms with van der Waals surface area (Å²) in [5.74, 6) is 2.56. The van der Waals surface area contributed by atoms with Crippen molar-refractivity contribution in [1.29, 1.82) is 0 Å². The minimum atomic E-state index is 0.0834. The molecule has 0 saturated heterocycles. The van der Waals surface area contributed by atoms with Gasteiger partial charge in [0.2, 0.25) is 5.91 Å². The Morgan fingerprint density at radius 3 is 2.44 bits per heavy atom. The van der Waals surface area contributed by atoms with E-state index in [2.05, 4.69) is 78.3 Å². The minimum Gasteiger partial charge on any atom is -0.494 e. The van der Waals surface area contributed by atoms with Crippen LogP contribution in [-0.2, 0) is 24.2 Å². The van der Waals surface area contributed by atoms with Crippen molar-refractivity contribution in [3.8, 4) is 5.75 Å². The first-order chi connectivity index (χ1) is 17.6.